The first kappa shape index (κ1) is 14.7. The van der Waals surface area contributed by atoms with E-state index in [0.29, 0.717) is 0 Å². The number of ether oxygens (including phenoxy) is 1. The second-order valence-electron chi connectivity index (χ2n) is 4.90. The van der Waals surface area contributed by atoms with E-state index in [4.69, 9.17) is 15.6 Å². The average Bonchev–Trinajstić information content (AvgIpc) is 2.91. The molecule has 3 rings (SSSR count). The molecule has 2 aliphatic rings. The highest BCUT2D eigenvalue weighted by atomic mass is 127. The molecule has 5 N–H and O–H groups in total. The Balaban J connectivity index is 2.02. The fourth-order valence-electron chi connectivity index (χ4n) is 2.26. The smallest absolute Gasteiger partial charge is 0.280 e. The van der Waals surface area contributed by atoms with Gasteiger partial charge in [0.05, 0.1) is 6.61 Å². The number of hydrogen-bond acceptors (Lipinski definition) is 8. The van der Waals surface area contributed by atoms with Gasteiger partial charge in [-0.2, -0.15) is 8.13 Å². The summed E-state index contributed by atoms with van der Waals surface area (Å²) in [6, 6.07) is 0. The number of H-pyrrole nitrogens is 1. The average molecular weight is 413 g/mol. The molecule has 11 heteroatoms. The highest BCUT2D eigenvalue weighted by molar-refractivity contribution is 14.2. The van der Waals surface area contributed by atoms with Crippen LogP contribution >= 0.6 is 21.3 Å². The van der Waals surface area contributed by atoms with Crippen molar-refractivity contribution in [3.63, 3.8) is 0 Å². The number of aliphatic hydroxyl groups is 2. The Bertz CT molecular complexity index is 665. The van der Waals surface area contributed by atoms with Gasteiger partial charge < -0.3 is 20.7 Å². The Labute approximate surface area is 128 Å². The van der Waals surface area contributed by atoms with Gasteiger partial charge in [-0.05, 0) is 6.92 Å². The van der Waals surface area contributed by atoms with Crippen molar-refractivity contribution in [1.82, 2.24) is 9.97 Å². The summed E-state index contributed by atoms with van der Waals surface area (Å²) in [7, 11) is 0. The molecule has 1 aromatic rings. The van der Waals surface area contributed by atoms with E-state index >= 15 is 0 Å². The van der Waals surface area contributed by atoms with Crippen LogP contribution in [0.4, 0.5) is 21.8 Å². The minimum Gasteiger partial charge on any atom is -0.394 e. The minimum absolute atomic E-state index is 0.0818. The summed E-state index contributed by atoms with van der Waals surface area (Å²) < 4.78 is 25.6. The SMILES string of the molecule is CC1(F)C(O)[C@@H](CO)O[C@H]1N1I=Nc2c1nc(N)[nH]c2=O. The molecule has 3 heterocycles. The number of nitrogens with one attached hydrogen (secondary N) is 1. The van der Waals surface area contributed by atoms with Crippen molar-refractivity contribution in [2.75, 3.05) is 15.5 Å². The third kappa shape index (κ3) is 2.15. The van der Waals surface area contributed by atoms with Crippen LogP contribution in [0.15, 0.2) is 7.94 Å². The molecule has 1 aromatic heterocycles. The molecule has 1 saturated heterocycles. The molecule has 0 amide bonds. The van der Waals surface area contributed by atoms with E-state index in [1.54, 1.807) is 0 Å². The van der Waals surface area contributed by atoms with Crippen molar-refractivity contribution >= 4 is 38.8 Å². The molecular weight excluding hydrogens is 400 g/mol. The number of alkyl halides is 1. The van der Waals surface area contributed by atoms with E-state index in [1.807, 2.05) is 0 Å². The Morgan fingerprint density at radius 3 is 3.00 bits per heavy atom. The molecule has 0 saturated carbocycles. The Hall–Kier alpha value is -1.18. The molecule has 116 valence electrons. The van der Waals surface area contributed by atoms with E-state index in [1.165, 1.54) is 10.0 Å². The van der Waals surface area contributed by atoms with Crippen LogP contribution < -0.4 is 14.4 Å². The third-order valence-corrected chi connectivity index (χ3v) is 5.53. The quantitative estimate of drug-likeness (QED) is 0.385. The minimum atomic E-state index is -2.14. The summed E-state index contributed by atoms with van der Waals surface area (Å²) in [5.74, 6) is 0.0337. The van der Waals surface area contributed by atoms with Crippen molar-refractivity contribution in [2.45, 2.75) is 31.0 Å². The van der Waals surface area contributed by atoms with Crippen molar-refractivity contribution in [3.8, 4) is 0 Å². The molecule has 1 fully saturated rings. The van der Waals surface area contributed by atoms with Crippen LogP contribution in [0.5, 0.6) is 0 Å². The lowest BCUT2D eigenvalue weighted by Crippen LogP contribution is -2.47. The third-order valence-electron chi connectivity index (χ3n) is 3.40. The second-order valence-corrected chi connectivity index (χ2v) is 6.85. The van der Waals surface area contributed by atoms with Gasteiger partial charge in [0, 0.05) is 0 Å². The summed E-state index contributed by atoms with van der Waals surface area (Å²) >= 11 is -1.14. The normalized spacial score (nSPS) is 34.9. The molecule has 2 unspecified atom stereocenters. The van der Waals surface area contributed by atoms with Crippen LogP contribution in [0, 0.1) is 0 Å². The number of aliphatic hydroxyl groups excluding tert-OH is 2. The highest BCUT2D eigenvalue weighted by Crippen LogP contribution is 2.46. The molecule has 0 aliphatic carbocycles. The summed E-state index contributed by atoms with van der Waals surface area (Å²) in [6.45, 7) is 0.661. The van der Waals surface area contributed by atoms with Crippen LogP contribution in [-0.2, 0) is 4.74 Å². The predicted octanol–water partition coefficient (Wildman–Crippen LogP) is -0.321. The number of fused-ring (bicyclic) bond motifs is 1. The highest BCUT2D eigenvalue weighted by Gasteiger charge is 2.57. The Kier molecular flexibility index (Phi) is 3.46. The van der Waals surface area contributed by atoms with Crippen molar-refractivity contribution in [2.24, 2.45) is 3.15 Å². The molecule has 0 bridgehead atoms. The number of aromatic amines is 1. The second kappa shape index (κ2) is 4.93. The summed E-state index contributed by atoms with van der Waals surface area (Å²) in [5.41, 5.74) is 2.94. The van der Waals surface area contributed by atoms with Gasteiger partial charge in [0.1, 0.15) is 33.5 Å². The summed E-state index contributed by atoms with van der Waals surface area (Å²) in [5, 5.41) is 19.0. The van der Waals surface area contributed by atoms with Crippen LogP contribution in [0.1, 0.15) is 6.92 Å². The number of aromatic nitrogens is 2. The van der Waals surface area contributed by atoms with E-state index in [-0.39, 0.29) is 17.5 Å². The van der Waals surface area contributed by atoms with Gasteiger partial charge in [0.15, 0.2) is 23.4 Å². The largest absolute Gasteiger partial charge is 0.394 e. The number of nitrogen functional groups attached to an aromatic ring is 1. The van der Waals surface area contributed by atoms with Crippen LogP contribution in [0.2, 0.25) is 0 Å². The topological polar surface area (TPSA) is 137 Å². The molecule has 21 heavy (non-hydrogen) atoms. The van der Waals surface area contributed by atoms with Gasteiger partial charge >= 0.3 is 0 Å². The lowest BCUT2D eigenvalue weighted by Gasteiger charge is -2.29. The molecule has 0 radical (unpaired) electrons. The van der Waals surface area contributed by atoms with Gasteiger partial charge in [0.2, 0.25) is 5.95 Å². The van der Waals surface area contributed by atoms with E-state index in [9.17, 15) is 14.3 Å². The van der Waals surface area contributed by atoms with Gasteiger partial charge in [0.25, 0.3) is 5.56 Å². The number of anilines is 2. The van der Waals surface area contributed by atoms with E-state index < -0.39 is 57.6 Å². The van der Waals surface area contributed by atoms with Gasteiger partial charge in [-0.1, -0.05) is 0 Å². The number of hydrogen-bond donors (Lipinski definition) is 4. The molecule has 2 aliphatic heterocycles. The summed E-state index contributed by atoms with van der Waals surface area (Å²) in [6.07, 6.45) is -3.71. The van der Waals surface area contributed by atoms with Crippen LogP contribution in [0.3, 0.4) is 0 Å². The number of halogens is 2. The maximum Gasteiger partial charge on any atom is 0.280 e. The fourth-order valence-corrected chi connectivity index (χ4v) is 4.59. The molecule has 0 spiro atoms. The van der Waals surface area contributed by atoms with E-state index in [0.717, 1.165) is 0 Å². The lowest BCUT2D eigenvalue weighted by molar-refractivity contribution is -0.0176. The first-order valence-electron chi connectivity index (χ1n) is 6.04. The monoisotopic (exact) mass is 413 g/mol. The molecule has 0 aromatic carbocycles. The number of rotatable bonds is 2. The summed E-state index contributed by atoms with van der Waals surface area (Å²) in [4.78, 5) is 18.0. The van der Waals surface area contributed by atoms with Gasteiger partial charge in [-0.25, -0.2) is 4.39 Å². The first-order valence-corrected chi connectivity index (χ1v) is 7.97. The number of nitrogens with two attached hydrogens (primary N) is 1. The molecular formula is C10H13FIN5O4. The Morgan fingerprint density at radius 2 is 2.38 bits per heavy atom. The first-order chi connectivity index (χ1) is 9.86. The van der Waals surface area contributed by atoms with Crippen molar-refractivity contribution < 1.29 is 19.3 Å². The van der Waals surface area contributed by atoms with Gasteiger partial charge in [-0.15, -0.1) is 0 Å². The van der Waals surface area contributed by atoms with Crippen LogP contribution in [0.25, 0.3) is 0 Å². The maximum atomic E-state index is 14.8. The molecule has 9 nitrogen and oxygen atoms in total. The molecule has 4 atom stereocenters. The fraction of sp³-hybridized carbons (Fsp3) is 0.600. The van der Waals surface area contributed by atoms with Crippen molar-refractivity contribution in [1.29, 1.82) is 0 Å². The van der Waals surface area contributed by atoms with Crippen LogP contribution in [-0.4, -0.2) is 50.9 Å². The zero-order chi connectivity index (χ0) is 15.4. The standard InChI is InChI=1S/C10H13FIN5O4/c1-10(11)5(19)3(2-18)21-8(10)17-6-4(16-12-17)7(20)15-9(13)14-6/h3,5,8,18-19H,2H2,1H3,(H3,13,14,15,20)/t3-,5?,8-,10?/m1/s1. The maximum absolute atomic E-state index is 14.8. The number of nitrogens with zero attached hydrogens (tertiary/aromatic N) is 3. The van der Waals surface area contributed by atoms with Gasteiger partial charge in [-0.3, -0.25) is 12.9 Å². The zero-order valence-corrected chi connectivity index (χ0v) is 13.0. The predicted molar refractivity (Wildman–Crippen MR) is 79.1 cm³/mol. The zero-order valence-electron chi connectivity index (χ0n) is 10.8. The lowest BCUT2D eigenvalue weighted by atomic mass is 9.99. The Morgan fingerprint density at radius 1 is 1.67 bits per heavy atom. The van der Waals surface area contributed by atoms with E-state index in [2.05, 4.69) is 13.1 Å². The van der Waals surface area contributed by atoms with Crippen molar-refractivity contribution in [3.05, 3.63) is 10.4 Å².